The van der Waals surface area contributed by atoms with Crippen LogP contribution in [0.25, 0.3) is 0 Å². The number of nitrogens with zero attached hydrogens (tertiary/aromatic N) is 2. The van der Waals surface area contributed by atoms with Crippen LogP contribution in [0.3, 0.4) is 0 Å². The van der Waals surface area contributed by atoms with Gasteiger partial charge in [0, 0.05) is 13.1 Å². The van der Waals surface area contributed by atoms with Gasteiger partial charge in [0.05, 0.1) is 18.2 Å². The summed E-state index contributed by atoms with van der Waals surface area (Å²) in [6.45, 7) is 6.88. The number of aromatic nitrogens is 2. The summed E-state index contributed by atoms with van der Waals surface area (Å²) in [6, 6.07) is 5.10. The average molecular weight is 291 g/mol. The molecule has 0 fully saturated rings. The van der Waals surface area contributed by atoms with Gasteiger partial charge in [0.2, 0.25) is 0 Å². The van der Waals surface area contributed by atoms with Crippen LogP contribution in [0.1, 0.15) is 31.5 Å². The number of rotatable bonds is 8. The summed E-state index contributed by atoms with van der Waals surface area (Å²) < 4.78 is 21.5. The molecular weight excluding hydrogens is 269 g/mol. The molecule has 0 unspecified atom stereocenters. The van der Waals surface area contributed by atoms with Crippen LogP contribution < -0.4 is 10.1 Å². The molecule has 1 aromatic carbocycles. The highest BCUT2D eigenvalue weighted by Crippen LogP contribution is 2.19. The van der Waals surface area contributed by atoms with Crippen LogP contribution in [0.15, 0.2) is 30.7 Å². The highest BCUT2D eigenvalue weighted by atomic mass is 19.1. The molecule has 21 heavy (non-hydrogen) atoms. The summed E-state index contributed by atoms with van der Waals surface area (Å²) in [7, 11) is 0. The van der Waals surface area contributed by atoms with Crippen LogP contribution in [0.4, 0.5) is 4.39 Å². The van der Waals surface area contributed by atoms with Gasteiger partial charge in [0.1, 0.15) is 6.61 Å². The van der Waals surface area contributed by atoms with Crippen molar-refractivity contribution in [3.63, 3.8) is 0 Å². The minimum atomic E-state index is -0.326. The van der Waals surface area contributed by atoms with Gasteiger partial charge in [-0.1, -0.05) is 13.0 Å². The molecule has 0 aliphatic heterocycles. The van der Waals surface area contributed by atoms with Gasteiger partial charge in [-0.3, -0.25) is 0 Å². The number of aryl methyl sites for hydroxylation is 1. The molecule has 1 aromatic heterocycles. The zero-order chi connectivity index (χ0) is 15.1. The first-order valence-electron chi connectivity index (χ1n) is 7.35. The van der Waals surface area contributed by atoms with Gasteiger partial charge in [-0.25, -0.2) is 9.37 Å². The van der Waals surface area contributed by atoms with Crippen LogP contribution in [0.5, 0.6) is 5.75 Å². The monoisotopic (exact) mass is 291 g/mol. The second-order valence-electron chi connectivity index (χ2n) is 4.90. The van der Waals surface area contributed by atoms with Crippen molar-refractivity contribution in [3.05, 3.63) is 47.8 Å². The summed E-state index contributed by atoms with van der Waals surface area (Å²) in [5, 5.41) is 3.25. The fourth-order valence-corrected chi connectivity index (χ4v) is 2.09. The standard InChI is InChI=1S/C16H22FN3O/c1-3-7-18-9-13-5-6-16(15(17)8-13)21-11-14-10-19-12-20(14)4-2/h5-6,8,10,12,18H,3-4,7,9,11H2,1-2H3. The average Bonchev–Trinajstić information content (AvgIpc) is 2.94. The number of nitrogens with one attached hydrogen (secondary N) is 1. The lowest BCUT2D eigenvalue weighted by atomic mass is 10.2. The first-order valence-corrected chi connectivity index (χ1v) is 7.35. The first-order chi connectivity index (χ1) is 10.2. The molecule has 0 amide bonds. The minimum absolute atomic E-state index is 0.276. The molecule has 0 atom stereocenters. The summed E-state index contributed by atoms with van der Waals surface area (Å²) in [4.78, 5) is 4.06. The third-order valence-electron chi connectivity index (χ3n) is 3.27. The maximum absolute atomic E-state index is 14.0. The Labute approximate surface area is 125 Å². The Bertz CT molecular complexity index is 568. The molecule has 0 radical (unpaired) electrons. The normalized spacial score (nSPS) is 10.8. The van der Waals surface area contributed by atoms with E-state index >= 15 is 0 Å². The quantitative estimate of drug-likeness (QED) is 0.760. The molecule has 0 saturated heterocycles. The van der Waals surface area contributed by atoms with Gasteiger partial charge in [-0.15, -0.1) is 0 Å². The van der Waals surface area contributed by atoms with Crippen LogP contribution in [-0.2, 0) is 19.7 Å². The van der Waals surface area contributed by atoms with Crippen molar-refractivity contribution < 1.29 is 9.13 Å². The smallest absolute Gasteiger partial charge is 0.165 e. The maximum Gasteiger partial charge on any atom is 0.165 e. The van der Waals surface area contributed by atoms with Crippen LogP contribution in [-0.4, -0.2) is 16.1 Å². The van der Waals surface area contributed by atoms with Crippen molar-refractivity contribution in [2.75, 3.05) is 6.54 Å². The molecule has 114 valence electrons. The molecule has 0 spiro atoms. The molecule has 0 aliphatic rings. The van der Waals surface area contributed by atoms with E-state index in [-0.39, 0.29) is 11.6 Å². The van der Waals surface area contributed by atoms with Crippen molar-refractivity contribution in [1.82, 2.24) is 14.9 Å². The van der Waals surface area contributed by atoms with E-state index in [9.17, 15) is 4.39 Å². The van der Waals surface area contributed by atoms with Gasteiger partial charge in [-0.2, -0.15) is 0 Å². The van der Waals surface area contributed by atoms with Gasteiger partial charge in [0.25, 0.3) is 0 Å². The number of hydrogen-bond acceptors (Lipinski definition) is 3. The molecule has 0 aliphatic carbocycles. The van der Waals surface area contributed by atoms with Crippen molar-refractivity contribution >= 4 is 0 Å². The van der Waals surface area contributed by atoms with E-state index in [2.05, 4.69) is 17.2 Å². The lowest BCUT2D eigenvalue weighted by molar-refractivity contribution is 0.280. The number of ether oxygens (including phenoxy) is 1. The summed E-state index contributed by atoms with van der Waals surface area (Å²) >= 11 is 0. The molecule has 0 saturated carbocycles. The fourth-order valence-electron chi connectivity index (χ4n) is 2.09. The molecule has 5 heteroatoms. The van der Waals surface area contributed by atoms with E-state index in [1.807, 2.05) is 17.6 Å². The molecule has 1 heterocycles. The molecule has 2 rings (SSSR count). The van der Waals surface area contributed by atoms with E-state index in [1.54, 1.807) is 18.6 Å². The Hall–Kier alpha value is -1.88. The molecule has 4 nitrogen and oxygen atoms in total. The van der Waals surface area contributed by atoms with Crippen LogP contribution >= 0.6 is 0 Å². The van der Waals surface area contributed by atoms with Crippen molar-refractivity contribution in [1.29, 1.82) is 0 Å². The highest BCUT2D eigenvalue weighted by molar-refractivity contribution is 5.29. The second kappa shape index (κ2) is 7.78. The first kappa shape index (κ1) is 15.5. The van der Waals surface area contributed by atoms with Crippen molar-refractivity contribution in [3.8, 4) is 5.75 Å². The Balaban J connectivity index is 1.94. The molecular formula is C16H22FN3O. The lowest BCUT2D eigenvalue weighted by Gasteiger charge is -2.10. The van der Waals surface area contributed by atoms with Gasteiger partial charge in [-0.05, 0) is 37.6 Å². The minimum Gasteiger partial charge on any atom is -0.484 e. The van der Waals surface area contributed by atoms with Gasteiger partial charge < -0.3 is 14.6 Å². The summed E-state index contributed by atoms with van der Waals surface area (Å²) in [6.07, 6.45) is 4.55. The van der Waals surface area contributed by atoms with Gasteiger partial charge in [0.15, 0.2) is 11.6 Å². The Morgan fingerprint density at radius 2 is 2.19 bits per heavy atom. The van der Waals surface area contributed by atoms with E-state index in [4.69, 9.17) is 4.74 Å². The summed E-state index contributed by atoms with van der Waals surface area (Å²) in [5.41, 5.74) is 1.86. The zero-order valence-electron chi connectivity index (χ0n) is 12.6. The third-order valence-corrected chi connectivity index (χ3v) is 3.27. The summed E-state index contributed by atoms with van der Waals surface area (Å²) in [5.74, 6) is -0.0496. The SMILES string of the molecule is CCCNCc1ccc(OCc2cncn2CC)c(F)c1. The van der Waals surface area contributed by atoms with E-state index in [0.29, 0.717) is 13.2 Å². The van der Waals surface area contributed by atoms with Crippen LogP contribution in [0.2, 0.25) is 0 Å². The fraction of sp³-hybridized carbons (Fsp3) is 0.438. The Kier molecular flexibility index (Phi) is 5.75. The number of halogens is 1. The maximum atomic E-state index is 14.0. The van der Waals surface area contributed by atoms with Crippen LogP contribution in [0, 0.1) is 5.82 Å². The second-order valence-corrected chi connectivity index (χ2v) is 4.90. The Morgan fingerprint density at radius 1 is 1.33 bits per heavy atom. The number of hydrogen-bond donors (Lipinski definition) is 1. The molecule has 2 aromatic rings. The third kappa shape index (κ3) is 4.29. The molecule has 0 bridgehead atoms. The number of imidazole rings is 1. The van der Waals surface area contributed by atoms with Crippen molar-refractivity contribution in [2.24, 2.45) is 0 Å². The van der Waals surface area contributed by atoms with E-state index in [1.165, 1.54) is 6.07 Å². The zero-order valence-corrected chi connectivity index (χ0v) is 12.6. The largest absolute Gasteiger partial charge is 0.484 e. The predicted molar refractivity (Wildman–Crippen MR) is 80.6 cm³/mol. The highest BCUT2D eigenvalue weighted by Gasteiger charge is 2.07. The van der Waals surface area contributed by atoms with E-state index < -0.39 is 0 Å². The topological polar surface area (TPSA) is 39.1 Å². The van der Waals surface area contributed by atoms with E-state index in [0.717, 1.165) is 30.8 Å². The molecule has 1 N–H and O–H groups in total. The van der Waals surface area contributed by atoms with Gasteiger partial charge >= 0.3 is 0 Å². The van der Waals surface area contributed by atoms with Crippen molar-refractivity contribution in [2.45, 2.75) is 40.0 Å². The Morgan fingerprint density at radius 3 is 2.90 bits per heavy atom. The number of benzene rings is 1. The lowest BCUT2D eigenvalue weighted by Crippen LogP contribution is -2.14. The predicted octanol–water partition coefficient (Wildman–Crippen LogP) is 3.12.